The lowest BCUT2D eigenvalue weighted by molar-refractivity contribution is 0.0221. The standard InChI is InChI=1S/C15H33NO/c1-6-10-15(17-9-4)14(16-11-7-2)12-13(5)8-3/h13-16H,6-12H2,1-5H3. The van der Waals surface area contributed by atoms with Gasteiger partial charge in [0.1, 0.15) is 0 Å². The molecule has 0 bridgehead atoms. The van der Waals surface area contributed by atoms with Crippen molar-refractivity contribution in [3.8, 4) is 0 Å². The minimum atomic E-state index is 0.394. The summed E-state index contributed by atoms with van der Waals surface area (Å²) in [5, 5.41) is 3.68. The fourth-order valence-electron chi connectivity index (χ4n) is 2.20. The summed E-state index contributed by atoms with van der Waals surface area (Å²) in [5.41, 5.74) is 0. The number of hydrogen-bond donors (Lipinski definition) is 1. The highest BCUT2D eigenvalue weighted by molar-refractivity contribution is 4.78. The van der Waals surface area contributed by atoms with Gasteiger partial charge in [-0.2, -0.15) is 0 Å². The summed E-state index contributed by atoms with van der Waals surface area (Å²) >= 11 is 0. The topological polar surface area (TPSA) is 21.3 Å². The molecule has 0 fully saturated rings. The first-order chi connectivity index (χ1) is 8.19. The zero-order valence-electron chi connectivity index (χ0n) is 12.6. The van der Waals surface area contributed by atoms with Crippen LogP contribution in [0.25, 0.3) is 0 Å². The van der Waals surface area contributed by atoms with Gasteiger partial charge >= 0.3 is 0 Å². The van der Waals surface area contributed by atoms with Crippen LogP contribution < -0.4 is 5.32 Å². The van der Waals surface area contributed by atoms with Gasteiger partial charge in [0.15, 0.2) is 0 Å². The molecule has 0 aromatic heterocycles. The molecule has 17 heavy (non-hydrogen) atoms. The molecule has 0 aliphatic heterocycles. The highest BCUT2D eigenvalue weighted by Crippen LogP contribution is 2.17. The lowest BCUT2D eigenvalue weighted by Crippen LogP contribution is -2.43. The molecule has 0 spiro atoms. The van der Waals surface area contributed by atoms with Crippen LogP contribution in [0.2, 0.25) is 0 Å². The van der Waals surface area contributed by atoms with E-state index in [0.29, 0.717) is 12.1 Å². The van der Waals surface area contributed by atoms with Crippen LogP contribution in [0, 0.1) is 5.92 Å². The van der Waals surface area contributed by atoms with Gasteiger partial charge in [-0.25, -0.2) is 0 Å². The van der Waals surface area contributed by atoms with E-state index in [1.165, 1.54) is 32.1 Å². The van der Waals surface area contributed by atoms with Crippen LogP contribution >= 0.6 is 0 Å². The Hall–Kier alpha value is -0.0800. The van der Waals surface area contributed by atoms with Gasteiger partial charge in [0.05, 0.1) is 6.10 Å². The van der Waals surface area contributed by atoms with Crippen molar-refractivity contribution >= 4 is 0 Å². The Kier molecular flexibility index (Phi) is 11.0. The summed E-state index contributed by atoms with van der Waals surface area (Å²) in [5.74, 6) is 0.782. The first-order valence-corrected chi connectivity index (χ1v) is 7.54. The molecule has 2 heteroatoms. The molecular weight excluding hydrogens is 210 g/mol. The zero-order valence-corrected chi connectivity index (χ0v) is 12.6. The van der Waals surface area contributed by atoms with Crippen LogP contribution in [0.1, 0.15) is 66.7 Å². The van der Waals surface area contributed by atoms with Gasteiger partial charge < -0.3 is 10.1 Å². The summed E-state index contributed by atoms with van der Waals surface area (Å²) in [6, 6.07) is 0.532. The molecule has 0 heterocycles. The van der Waals surface area contributed by atoms with E-state index < -0.39 is 0 Å². The third kappa shape index (κ3) is 7.77. The van der Waals surface area contributed by atoms with Gasteiger partial charge in [-0.3, -0.25) is 0 Å². The zero-order chi connectivity index (χ0) is 13.1. The Morgan fingerprint density at radius 2 is 1.76 bits per heavy atom. The van der Waals surface area contributed by atoms with Crippen LogP contribution in [0.15, 0.2) is 0 Å². The Bertz CT molecular complexity index is 155. The van der Waals surface area contributed by atoms with Crippen molar-refractivity contribution in [3.05, 3.63) is 0 Å². The van der Waals surface area contributed by atoms with Gasteiger partial charge in [-0.05, 0) is 38.6 Å². The maximum atomic E-state index is 5.92. The minimum Gasteiger partial charge on any atom is -0.377 e. The van der Waals surface area contributed by atoms with Crippen LogP contribution in [0.3, 0.4) is 0 Å². The molecule has 0 aliphatic rings. The molecule has 0 aromatic carbocycles. The maximum Gasteiger partial charge on any atom is 0.0727 e. The highest BCUT2D eigenvalue weighted by atomic mass is 16.5. The van der Waals surface area contributed by atoms with Crippen molar-refractivity contribution in [2.75, 3.05) is 13.2 Å². The first kappa shape index (κ1) is 16.9. The highest BCUT2D eigenvalue weighted by Gasteiger charge is 2.22. The van der Waals surface area contributed by atoms with Crippen molar-refractivity contribution in [1.82, 2.24) is 5.32 Å². The first-order valence-electron chi connectivity index (χ1n) is 7.54. The fraction of sp³-hybridized carbons (Fsp3) is 1.00. The lowest BCUT2D eigenvalue weighted by Gasteiger charge is -2.30. The van der Waals surface area contributed by atoms with Gasteiger partial charge in [0.2, 0.25) is 0 Å². The molecule has 0 aliphatic carbocycles. The number of ether oxygens (including phenoxy) is 1. The number of hydrogen-bond acceptors (Lipinski definition) is 2. The van der Waals surface area contributed by atoms with Crippen LogP contribution in [-0.4, -0.2) is 25.3 Å². The van der Waals surface area contributed by atoms with Crippen molar-refractivity contribution in [2.45, 2.75) is 78.9 Å². The fourth-order valence-corrected chi connectivity index (χ4v) is 2.20. The molecule has 0 radical (unpaired) electrons. The molecule has 1 N–H and O–H groups in total. The van der Waals surface area contributed by atoms with Gasteiger partial charge in [-0.15, -0.1) is 0 Å². The predicted octanol–water partition coefficient (Wildman–Crippen LogP) is 4.00. The molecular formula is C15H33NO. The molecule has 0 amide bonds. The second-order valence-electron chi connectivity index (χ2n) is 5.09. The SMILES string of the molecule is CCCNC(CC(C)CC)C(CCC)OCC. The predicted molar refractivity (Wildman–Crippen MR) is 76.5 cm³/mol. The van der Waals surface area contributed by atoms with E-state index in [1.807, 2.05) is 0 Å². The molecule has 0 saturated carbocycles. The van der Waals surface area contributed by atoms with E-state index in [-0.39, 0.29) is 0 Å². The van der Waals surface area contributed by atoms with E-state index in [1.54, 1.807) is 0 Å². The van der Waals surface area contributed by atoms with Crippen LogP contribution in [0.4, 0.5) is 0 Å². The Morgan fingerprint density at radius 3 is 2.24 bits per heavy atom. The summed E-state index contributed by atoms with van der Waals surface area (Å²) in [6.07, 6.45) is 6.46. The van der Waals surface area contributed by atoms with E-state index in [4.69, 9.17) is 4.74 Å². The second-order valence-corrected chi connectivity index (χ2v) is 5.09. The van der Waals surface area contributed by atoms with Crippen LogP contribution in [-0.2, 0) is 4.74 Å². The third-order valence-corrected chi connectivity index (χ3v) is 3.41. The average Bonchev–Trinajstić information content (AvgIpc) is 2.34. The molecule has 0 rings (SSSR count). The van der Waals surface area contributed by atoms with E-state index in [9.17, 15) is 0 Å². The number of rotatable bonds is 11. The Labute approximate surface area is 109 Å². The summed E-state index contributed by atoms with van der Waals surface area (Å²) in [7, 11) is 0. The lowest BCUT2D eigenvalue weighted by atomic mass is 9.93. The van der Waals surface area contributed by atoms with Crippen molar-refractivity contribution in [2.24, 2.45) is 5.92 Å². The summed E-state index contributed by atoms with van der Waals surface area (Å²) in [4.78, 5) is 0. The average molecular weight is 243 g/mol. The molecule has 3 atom stereocenters. The minimum absolute atomic E-state index is 0.394. The molecule has 3 unspecified atom stereocenters. The Balaban J connectivity index is 4.35. The van der Waals surface area contributed by atoms with Gasteiger partial charge in [0, 0.05) is 12.6 Å². The van der Waals surface area contributed by atoms with Gasteiger partial charge in [-0.1, -0.05) is 40.5 Å². The molecule has 104 valence electrons. The van der Waals surface area contributed by atoms with Crippen molar-refractivity contribution < 1.29 is 4.74 Å². The van der Waals surface area contributed by atoms with E-state index >= 15 is 0 Å². The van der Waals surface area contributed by atoms with E-state index in [2.05, 4.69) is 39.9 Å². The smallest absolute Gasteiger partial charge is 0.0727 e. The summed E-state index contributed by atoms with van der Waals surface area (Å²) in [6.45, 7) is 13.1. The normalized spacial score (nSPS) is 16.8. The quantitative estimate of drug-likeness (QED) is 0.592. The third-order valence-electron chi connectivity index (χ3n) is 3.41. The maximum absolute atomic E-state index is 5.92. The molecule has 2 nitrogen and oxygen atoms in total. The Morgan fingerprint density at radius 1 is 1.06 bits per heavy atom. The van der Waals surface area contributed by atoms with Crippen molar-refractivity contribution in [3.63, 3.8) is 0 Å². The molecule has 0 saturated heterocycles. The van der Waals surface area contributed by atoms with E-state index in [0.717, 1.165) is 19.1 Å². The second kappa shape index (κ2) is 11.0. The van der Waals surface area contributed by atoms with Gasteiger partial charge in [0.25, 0.3) is 0 Å². The summed E-state index contributed by atoms with van der Waals surface area (Å²) < 4.78 is 5.92. The molecule has 0 aromatic rings. The largest absolute Gasteiger partial charge is 0.377 e. The van der Waals surface area contributed by atoms with Crippen LogP contribution in [0.5, 0.6) is 0 Å². The van der Waals surface area contributed by atoms with Crippen molar-refractivity contribution in [1.29, 1.82) is 0 Å². The monoisotopic (exact) mass is 243 g/mol. The number of nitrogens with one attached hydrogen (secondary N) is 1.